The zero-order chi connectivity index (χ0) is 10.8. The highest BCUT2D eigenvalue weighted by Crippen LogP contribution is 2.25. The standard InChI is InChI=1S/C10H14N2O2/c1-10(9(13)14,12(2)3)8-5-4-6-11-7-8/h4-7H,1-3H3,(H,13,14). The molecule has 0 spiro atoms. The molecule has 1 aromatic rings. The first-order valence-corrected chi connectivity index (χ1v) is 4.31. The van der Waals surface area contributed by atoms with Crippen LogP contribution < -0.4 is 0 Å². The molecule has 0 amide bonds. The Bertz CT molecular complexity index is 324. The van der Waals surface area contributed by atoms with Gasteiger partial charge in [0.05, 0.1) is 0 Å². The second-order valence-corrected chi connectivity index (χ2v) is 3.51. The van der Waals surface area contributed by atoms with Gasteiger partial charge in [-0.05, 0) is 27.1 Å². The molecule has 0 saturated carbocycles. The molecule has 0 saturated heterocycles. The van der Waals surface area contributed by atoms with Crippen LogP contribution in [0.4, 0.5) is 0 Å². The monoisotopic (exact) mass is 194 g/mol. The predicted molar refractivity (Wildman–Crippen MR) is 52.9 cm³/mol. The average molecular weight is 194 g/mol. The van der Waals surface area contributed by atoms with Crippen LogP contribution in [0.2, 0.25) is 0 Å². The number of hydrogen-bond acceptors (Lipinski definition) is 3. The molecule has 14 heavy (non-hydrogen) atoms. The van der Waals surface area contributed by atoms with E-state index in [1.54, 1.807) is 50.4 Å². The molecular formula is C10H14N2O2. The maximum absolute atomic E-state index is 11.2. The zero-order valence-corrected chi connectivity index (χ0v) is 8.56. The van der Waals surface area contributed by atoms with Crippen LogP contribution in [0.15, 0.2) is 24.5 Å². The molecule has 0 aliphatic carbocycles. The van der Waals surface area contributed by atoms with Crippen LogP contribution in [-0.4, -0.2) is 35.1 Å². The lowest BCUT2D eigenvalue weighted by molar-refractivity contribution is -0.149. The molecule has 1 heterocycles. The fraction of sp³-hybridized carbons (Fsp3) is 0.400. The molecule has 4 heteroatoms. The largest absolute Gasteiger partial charge is 0.480 e. The Kier molecular flexibility index (Phi) is 2.86. The SMILES string of the molecule is CN(C)C(C)(C(=O)O)c1cccnc1. The maximum Gasteiger partial charge on any atom is 0.328 e. The molecule has 0 bridgehead atoms. The van der Waals surface area contributed by atoms with Crippen LogP contribution in [0.1, 0.15) is 12.5 Å². The fourth-order valence-corrected chi connectivity index (χ4v) is 1.22. The summed E-state index contributed by atoms with van der Waals surface area (Å²) >= 11 is 0. The Morgan fingerprint density at radius 3 is 2.57 bits per heavy atom. The van der Waals surface area contributed by atoms with Crippen LogP contribution in [0, 0.1) is 0 Å². The van der Waals surface area contributed by atoms with Crippen LogP contribution >= 0.6 is 0 Å². The summed E-state index contributed by atoms with van der Waals surface area (Å²) in [4.78, 5) is 16.8. The smallest absolute Gasteiger partial charge is 0.328 e. The van der Waals surface area contributed by atoms with E-state index in [0.717, 1.165) is 0 Å². The molecule has 4 nitrogen and oxygen atoms in total. The van der Waals surface area contributed by atoms with E-state index < -0.39 is 11.5 Å². The van der Waals surface area contributed by atoms with Gasteiger partial charge in [-0.1, -0.05) is 6.07 Å². The zero-order valence-electron chi connectivity index (χ0n) is 8.56. The molecule has 0 aliphatic heterocycles. The quantitative estimate of drug-likeness (QED) is 0.778. The summed E-state index contributed by atoms with van der Waals surface area (Å²) in [7, 11) is 3.47. The van der Waals surface area contributed by atoms with Crippen molar-refractivity contribution in [3.8, 4) is 0 Å². The van der Waals surface area contributed by atoms with Gasteiger partial charge in [0.1, 0.15) is 5.54 Å². The highest BCUT2D eigenvalue weighted by Gasteiger charge is 2.37. The van der Waals surface area contributed by atoms with Gasteiger partial charge in [0.25, 0.3) is 0 Å². The first-order chi connectivity index (χ1) is 6.49. The number of rotatable bonds is 3. The molecule has 0 radical (unpaired) electrons. The number of aromatic nitrogens is 1. The van der Waals surface area contributed by atoms with Crippen molar-refractivity contribution in [2.45, 2.75) is 12.5 Å². The minimum Gasteiger partial charge on any atom is -0.480 e. The van der Waals surface area contributed by atoms with Gasteiger partial charge < -0.3 is 5.11 Å². The van der Waals surface area contributed by atoms with E-state index in [4.69, 9.17) is 0 Å². The van der Waals surface area contributed by atoms with E-state index in [0.29, 0.717) is 5.56 Å². The van der Waals surface area contributed by atoms with Crippen LogP contribution in [0.3, 0.4) is 0 Å². The van der Waals surface area contributed by atoms with Gasteiger partial charge >= 0.3 is 5.97 Å². The van der Waals surface area contributed by atoms with Crippen molar-refractivity contribution in [2.75, 3.05) is 14.1 Å². The summed E-state index contributed by atoms with van der Waals surface area (Å²) in [5.41, 5.74) is -0.341. The molecule has 0 fully saturated rings. The molecular weight excluding hydrogens is 180 g/mol. The van der Waals surface area contributed by atoms with Crippen LogP contribution in [0.5, 0.6) is 0 Å². The number of carboxylic acids is 1. The van der Waals surface area contributed by atoms with Crippen molar-refractivity contribution < 1.29 is 9.90 Å². The Morgan fingerprint density at radius 1 is 1.57 bits per heavy atom. The molecule has 1 aromatic heterocycles. The first kappa shape index (κ1) is 10.7. The van der Waals surface area contributed by atoms with Gasteiger partial charge in [-0.15, -0.1) is 0 Å². The van der Waals surface area contributed by atoms with Gasteiger partial charge in [-0.3, -0.25) is 9.88 Å². The van der Waals surface area contributed by atoms with E-state index in [-0.39, 0.29) is 0 Å². The third-order valence-corrected chi connectivity index (χ3v) is 2.53. The first-order valence-electron chi connectivity index (χ1n) is 4.31. The van der Waals surface area contributed by atoms with Gasteiger partial charge in [0, 0.05) is 18.0 Å². The normalized spacial score (nSPS) is 15.1. The van der Waals surface area contributed by atoms with Crippen molar-refractivity contribution in [1.82, 2.24) is 9.88 Å². The second kappa shape index (κ2) is 3.75. The van der Waals surface area contributed by atoms with Crippen molar-refractivity contribution in [2.24, 2.45) is 0 Å². The number of hydrogen-bond donors (Lipinski definition) is 1. The maximum atomic E-state index is 11.2. The Labute approximate surface area is 83.2 Å². The van der Waals surface area contributed by atoms with E-state index in [1.807, 2.05) is 0 Å². The molecule has 0 aliphatic rings. The molecule has 0 aromatic carbocycles. The van der Waals surface area contributed by atoms with Gasteiger partial charge in [0.2, 0.25) is 0 Å². The second-order valence-electron chi connectivity index (χ2n) is 3.51. The summed E-state index contributed by atoms with van der Waals surface area (Å²) < 4.78 is 0. The third-order valence-electron chi connectivity index (χ3n) is 2.53. The summed E-state index contributed by atoms with van der Waals surface area (Å²) in [6, 6.07) is 3.50. The van der Waals surface area contributed by atoms with Gasteiger partial charge in [-0.25, -0.2) is 4.79 Å². The Balaban J connectivity index is 3.20. The molecule has 1 rings (SSSR count). The summed E-state index contributed by atoms with van der Waals surface area (Å²) in [6.45, 7) is 1.66. The lowest BCUT2D eigenvalue weighted by atomic mass is 9.92. The molecule has 76 valence electrons. The van der Waals surface area contributed by atoms with E-state index in [9.17, 15) is 9.90 Å². The minimum atomic E-state index is -1.02. The Hall–Kier alpha value is -1.42. The number of pyridine rings is 1. The van der Waals surface area contributed by atoms with Gasteiger partial charge in [-0.2, -0.15) is 0 Å². The topological polar surface area (TPSA) is 53.4 Å². The fourth-order valence-electron chi connectivity index (χ4n) is 1.22. The summed E-state index contributed by atoms with van der Waals surface area (Å²) in [6.07, 6.45) is 3.20. The van der Waals surface area contributed by atoms with E-state index in [1.165, 1.54) is 0 Å². The van der Waals surface area contributed by atoms with Gasteiger partial charge in [0.15, 0.2) is 0 Å². The van der Waals surface area contributed by atoms with Crippen molar-refractivity contribution >= 4 is 5.97 Å². The number of aliphatic carboxylic acids is 1. The number of carboxylic acid groups (broad SMARTS) is 1. The van der Waals surface area contributed by atoms with Crippen molar-refractivity contribution in [1.29, 1.82) is 0 Å². The number of nitrogens with zero attached hydrogens (tertiary/aromatic N) is 2. The van der Waals surface area contributed by atoms with Crippen LogP contribution in [0.25, 0.3) is 0 Å². The number of carbonyl (C=O) groups is 1. The highest BCUT2D eigenvalue weighted by atomic mass is 16.4. The number of likely N-dealkylation sites (N-methyl/N-ethyl adjacent to an activating group) is 1. The Morgan fingerprint density at radius 2 is 2.21 bits per heavy atom. The minimum absolute atomic E-state index is 0.678. The lowest BCUT2D eigenvalue weighted by Crippen LogP contribution is -2.45. The summed E-state index contributed by atoms with van der Waals surface area (Å²) in [5, 5.41) is 9.19. The lowest BCUT2D eigenvalue weighted by Gasteiger charge is -2.32. The van der Waals surface area contributed by atoms with E-state index in [2.05, 4.69) is 4.98 Å². The highest BCUT2D eigenvalue weighted by molar-refractivity contribution is 5.80. The molecule has 1 N–H and O–H groups in total. The molecule has 1 unspecified atom stereocenters. The van der Waals surface area contributed by atoms with Crippen LogP contribution in [-0.2, 0) is 10.3 Å². The van der Waals surface area contributed by atoms with E-state index >= 15 is 0 Å². The van der Waals surface area contributed by atoms with Crippen molar-refractivity contribution in [3.63, 3.8) is 0 Å². The predicted octanol–water partition coefficient (Wildman–Crippen LogP) is 0.943. The molecule has 1 atom stereocenters. The third kappa shape index (κ3) is 1.61. The summed E-state index contributed by atoms with van der Waals surface area (Å²) in [5.74, 6) is -0.879. The van der Waals surface area contributed by atoms with Crippen molar-refractivity contribution in [3.05, 3.63) is 30.1 Å². The average Bonchev–Trinajstić information content (AvgIpc) is 2.17.